The first-order valence-corrected chi connectivity index (χ1v) is 13.4. The van der Waals surface area contributed by atoms with Gasteiger partial charge in [0.25, 0.3) is 0 Å². The van der Waals surface area contributed by atoms with Gasteiger partial charge in [-0.25, -0.2) is 13.2 Å². The van der Waals surface area contributed by atoms with E-state index in [1.54, 1.807) is 0 Å². The van der Waals surface area contributed by atoms with Crippen LogP contribution in [0.15, 0.2) is 0 Å². The molecule has 2 unspecified atom stereocenters. The molecule has 5 atom stereocenters. The quantitative estimate of drug-likeness (QED) is 0.105. The van der Waals surface area contributed by atoms with E-state index in [1.165, 1.54) is 0 Å². The van der Waals surface area contributed by atoms with Crippen molar-refractivity contribution in [3.8, 4) is 0 Å². The van der Waals surface area contributed by atoms with Gasteiger partial charge in [-0.05, 0) is 6.42 Å². The van der Waals surface area contributed by atoms with Crippen LogP contribution in [0.25, 0.3) is 0 Å². The molecule has 0 saturated carbocycles. The van der Waals surface area contributed by atoms with Gasteiger partial charge in [0.2, 0.25) is 0 Å². The van der Waals surface area contributed by atoms with E-state index in [1.807, 2.05) is 0 Å². The number of carbonyl (C=O) groups is 4. The second kappa shape index (κ2) is 14.5. The molecule has 0 aromatic rings. The van der Waals surface area contributed by atoms with Gasteiger partial charge in [-0.2, -0.15) is 35.1 Å². The highest BCUT2D eigenvalue weighted by Gasteiger charge is 2.73. The Hall–Kier alpha value is -2.89. The van der Waals surface area contributed by atoms with E-state index in [2.05, 4.69) is 4.74 Å². The van der Waals surface area contributed by atoms with Crippen LogP contribution in [0.4, 0.5) is 35.1 Å². The molecule has 0 aromatic carbocycles. The second-order valence-corrected chi connectivity index (χ2v) is 10.4. The number of nitrogens with one attached hydrogen (secondary N) is 1. The maximum atomic E-state index is 14.1. The van der Waals surface area contributed by atoms with Crippen LogP contribution < -0.4 is 5.14 Å². The van der Waals surface area contributed by atoms with Gasteiger partial charge in [0, 0.05) is 34.1 Å². The Bertz CT molecular complexity index is 1170. The van der Waals surface area contributed by atoms with Crippen LogP contribution in [0.1, 0.15) is 40.5 Å². The lowest BCUT2D eigenvalue weighted by Gasteiger charge is -2.44. The average Bonchev–Trinajstić information content (AvgIpc) is 2.81. The average molecular weight is 684 g/mol. The van der Waals surface area contributed by atoms with E-state index >= 15 is 0 Å². The van der Waals surface area contributed by atoms with Crippen LogP contribution in [0.3, 0.4) is 0 Å². The van der Waals surface area contributed by atoms with E-state index < -0.39 is 114 Å². The van der Waals surface area contributed by atoms with Crippen molar-refractivity contribution in [1.29, 1.82) is 0 Å². The first kappa shape index (κ1) is 39.1. The van der Waals surface area contributed by atoms with E-state index in [0.29, 0.717) is 0 Å². The van der Waals surface area contributed by atoms with Gasteiger partial charge in [-0.3, -0.25) is 19.2 Å². The summed E-state index contributed by atoms with van der Waals surface area (Å²) in [4.78, 5) is 46.5. The molecular weight excluding hydrogens is 658 g/mol. The number of sulfonamides is 1. The molecule has 0 amide bonds. The van der Waals surface area contributed by atoms with Crippen molar-refractivity contribution >= 4 is 33.9 Å². The molecule has 0 bridgehead atoms. The summed E-state index contributed by atoms with van der Waals surface area (Å²) >= 11 is 0. The molecule has 44 heavy (non-hydrogen) atoms. The Morgan fingerprint density at radius 3 is 1.68 bits per heavy atom. The topological polar surface area (TPSA) is 191 Å². The summed E-state index contributed by atoms with van der Waals surface area (Å²) in [5, 5.41) is -0.643. The third-order valence-electron chi connectivity index (χ3n) is 5.22. The molecular formula is C21H26F8NO13S. The van der Waals surface area contributed by atoms with E-state index in [9.17, 15) is 62.7 Å². The van der Waals surface area contributed by atoms with Crippen molar-refractivity contribution in [3.63, 3.8) is 0 Å². The highest BCUT2D eigenvalue weighted by Crippen LogP contribution is 2.47. The fraction of sp³-hybridized carbons (Fsp3) is 0.810. The second-order valence-electron chi connectivity index (χ2n) is 8.90. The number of hydrogen-bond donors (Lipinski definition) is 0. The molecule has 1 saturated heterocycles. The largest absolute Gasteiger partial charge is 0.463 e. The molecule has 1 N–H and O–H groups in total. The van der Waals surface area contributed by atoms with Crippen LogP contribution in [-0.4, -0.2) is 99.6 Å². The van der Waals surface area contributed by atoms with Crippen LogP contribution >= 0.6 is 0 Å². The molecule has 1 heterocycles. The lowest BCUT2D eigenvalue weighted by Crippen LogP contribution is -2.63. The Balaban J connectivity index is 3.18. The summed E-state index contributed by atoms with van der Waals surface area (Å²) in [7, 11) is -6.85. The summed E-state index contributed by atoms with van der Waals surface area (Å²) in [6.45, 7) is 1.82. The van der Waals surface area contributed by atoms with Gasteiger partial charge >= 0.3 is 57.3 Å². The molecule has 255 valence electrons. The maximum Gasteiger partial charge on any atom is 0.449 e. The number of hydrogen-bond acceptors (Lipinski definition) is 13. The molecule has 0 aliphatic carbocycles. The van der Waals surface area contributed by atoms with Gasteiger partial charge < -0.3 is 28.4 Å². The first-order chi connectivity index (χ1) is 19.8. The van der Waals surface area contributed by atoms with Crippen molar-refractivity contribution in [1.82, 2.24) is 5.14 Å². The minimum Gasteiger partial charge on any atom is -0.463 e. The summed E-state index contributed by atoms with van der Waals surface area (Å²) in [6.07, 6.45) is -25.3. The van der Waals surface area contributed by atoms with Crippen molar-refractivity contribution in [2.45, 2.75) is 94.6 Å². The molecule has 0 aromatic heterocycles. The van der Waals surface area contributed by atoms with Crippen LogP contribution in [-0.2, 0) is 62.4 Å². The molecule has 1 aliphatic heterocycles. The molecule has 23 heteroatoms. The van der Waals surface area contributed by atoms with Gasteiger partial charge in [0.05, 0.1) is 6.61 Å². The molecule has 14 nitrogen and oxygen atoms in total. The zero-order chi connectivity index (χ0) is 34.5. The lowest BCUT2D eigenvalue weighted by molar-refractivity contribution is -0.456. The SMILES string of the molecule is CC(=O)OCC1O[C@@H](OCCCC(F)(F)C(F)(F)OC(F)(F)C(F)(F)S([NH])(=O)=O)C(OC(C)=O)[C@@H](OC(C)=O)[C@H]1OC(C)=O. The fourth-order valence-electron chi connectivity index (χ4n) is 3.41. The fourth-order valence-corrected chi connectivity index (χ4v) is 3.77. The minimum absolute atomic E-state index is 0.716. The van der Waals surface area contributed by atoms with Gasteiger partial charge in [0.1, 0.15) is 12.7 Å². The minimum atomic E-state index is -6.85. The summed E-state index contributed by atoms with van der Waals surface area (Å²) in [5.41, 5.74) is 0. The number of esters is 4. The van der Waals surface area contributed by atoms with Gasteiger partial charge in [0.15, 0.2) is 24.6 Å². The van der Waals surface area contributed by atoms with E-state index in [-0.39, 0.29) is 0 Å². The van der Waals surface area contributed by atoms with Gasteiger partial charge in [-0.1, -0.05) is 0 Å². The zero-order valence-electron chi connectivity index (χ0n) is 23.0. The number of halogens is 8. The highest BCUT2D eigenvalue weighted by atomic mass is 32.2. The van der Waals surface area contributed by atoms with Crippen molar-refractivity contribution in [2.24, 2.45) is 0 Å². The molecule has 1 radical (unpaired) electrons. The first-order valence-electron chi connectivity index (χ1n) is 11.9. The maximum absolute atomic E-state index is 14.1. The summed E-state index contributed by atoms with van der Waals surface area (Å²) < 4.78 is 163. The van der Waals surface area contributed by atoms with Crippen molar-refractivity contribution < 1.29 is 95.9 Å². The third-order valence-corrected chi connectivity index (χ3v) is 6.14. The lowest BCUT2D eigenvalue weighted by atomic mass is 9.98. The smallest absolute Gasteiger partial charge is 0.449 e. The Morgan fingerprint density at radius 2 is 1.23 bits per heavy atom. The molecule has 1 rings (SSSR count). The Kier molecular flexibility index (Phi) is 12.9. The van der Waals surface area contributed by atoms with E-state index in [0.717, 1.165) is 27.7 Å². The number of carbonyl (C=O) groups excluding carboxylic acids is 4. The van der Waals surface area contributed by atoms with Crippen molar-refractivity contribution in [3.05, 3.63) is 0 Å². The predicted octanol–water partition coefficient (Wildman–Crippen LogP) is 1.91. The number of rotatable bonds is 15. The van der Waals surface area contributed by atoms with Crippen LogP contribution in [0.5, 0.6) is 0 Å². The summed E-state index contributed by atoms with van der Waals surface area (Å²) in [6, 6.07) is 0. The zero-order valence-corrected chi connectivity index (χ0v) is 23.8. The summed E-state index contributed by atoms with van der Waals surface area (Å²) in [5.74, 6) is -9.67. The number of ether oxygens (including phenoxy) is 7. The highest BCUT2D eigenvalue weighted by molar-refractivity contribution is 7.89. The third kappa shape index (κ3) is 10.1. The predicted molar refractivity (Wildman–Crippen MR) is 120 cm³/mol. The van der Waals surface area contributed by atoms with E-state index in [4.69, 9.17) is 33.6 Å². The van der Waals surface area contributed by atoms with Gasteiger partial charge in [-0.15, -0.1) is 5.14 Å². The standard InChI is InChI=1S/C21H26F8NO13S/c1-9(31)38-8-13-14(39-10(2)32)15(40-11(3)33)16(41-12(4)34)17(42-13)37-7-5-6-18(22,23)19(24,25)43-20(26,27)21(28,29)44(30,35)36/h13-17,30H,5-8H2,1-4H3/t13?,14-,15-,16?,17+/m0/s1. The monoisotopic (exact) mass is 684 g/mol. The van der Waals surface area contributed by atoms with Crippen molar-refractivity contribution in [2.75, 3.05) is 13.2 Å². The molecule has 0 spiro atoms. The molecule has 1 fully saturated rings. The Morgan fingerprint density at radius 1 is 0.750 bits per heavy atom. The molecule has 1 aliphatic rings. The Labute approximate surface area is 243 Å². The number of alkyl halides is 8. The normalized spacial score (nSPS) is 23.4. The van der Waals surface area contributed by atoms with Crippen LogP contribution in [0.2, 0.25) is 0 Å². The van der Waals surface area contributed by atoms with Crippen LogP contribution in [0, 0.1) is 0 Å².